The molecule has 0 spiro atoms. The highest BCUT2D eigenvalue weighted by molar-refractivity contribution is 5.48. The van der Waals surface area contributed by atoms with Crippen LogP contribution < -0.4 is 10.2 Å². The molecule has 1 heterocycles. The van der Waals surface area contributed by atoms with E-state index in [9.17, 15) is 4.39 Å². The van der Waals surface area contributed by atoms with Gasteiger partial charge >= 0.3 is 0 Å². The predicted octanol–water partition coefficient (Wildman–Crippen LogP) is 1.91. The molecule has 0 atom stereocenters. The first-order valence-electron chi connectivity index (χ1n) is 6.22. The van der Waals surface area contributed by atoms with Gasteiger partial charge in [0.15, 0.2) is 0 Å². The number of rotatable bonds is 5. The first-order valence-corrected chi connectivity index (χ1v) is 6.22. The minimum Gasteiger partial charge on any atom is -0.365 e. The first kappa shape index (κ1) is 13.5. The highest BCUT2D eigenvalue weighted by Crippen LogP contribution is 2.20. The van der Waals surface area contributed by atoms with Crippen LogP contribution in [0.5, 0.6) is 0 Å². The molecule has 0 saturated carbocycles. The molecular formula is C14H19FN4. The fourth-order valence-electron chi connectivity index (χ4n) is 2.02. The Morgan fingerprint density at radius 3 is 2.79 bits per heavy atom. The molecule has 2 rings (SSSR count). The highest BCUT2D eigenvalue weighted by Gasteiger charge is 2.10. The first-order chi connectivity index (χ1) is 9.11. The largest absolute Gasteiger partial charge is 0.365 e. The van der Waals surface area contributed by atoms with Crippen molar-refractivity contribution in [3.05, 3.63) is 47.8 Å². The Bertz CT molecular complexity index is 550. The molecule has 4 nitrogen and oxygen atoms in total. The van der Waals surface area contributed by atoms with Gasteiger partial charge in [-0.15, -0.1) is 0 Å². The van der Waals surface area contributed by atoms with Gasteiger partial charge < -0.3 is 14.8 Å². The lowest BCUT2D eigenvalue weighted by Crippen LogP contribution is -2.20. The van der Waals surface area contributed by atoms with Gasteiger partial charge in [0.1, 0.15) is 11.6 Å². The average Bonchev–Trinajstić information content (AvgIpc) is 2.75. The third-order valence-electron chi connectivity index (χ3n) is 3.10. The predicted molar refractivity (Wildman–Crippen MR) is 74.5 cm³/mol. The Labute approximate surface area is 112 Å². The molecule has 0 aliphatic rings. The van der Waals surface area contributed by atoms with E-state index in [2.05, 4.69) is 10.3 Å². The van der Waals surface area contributed by atoms with Crippen molar-refractivity contribution in [3.8, 4) is 0 Å². The van der Waals surface area contributed by atoms with Gasteiger partial charge in [0.05, 0.1) is 12.2 Å². The van der Waals surface area contributed by atoms with E-state index in [0.29, 0.717) is 18.8 Å². The quantitative estimate of drug-likeness (QED) is 0.893. The molecule has 19 heavy (non-hydrogen) atoms. The lowest BCUT2D eigenvalue weighted by Gasteiger charge is -2.20. The van der Waals surface area contributed by atoms with Gasteiger partial charge in [-0.05, 0) is 24.7 Å². The summed E-state index contributed by atoms with van der Waals surface area (Å²) in [4.78, 5) is 6.11. The van der Waals surface area contributed by atoms with Crippen LogP contribution in [-0.2, 0) is 20.1 Å². The Kier molecular flexibility index (Phi) is 4.16. The number of hydrogen-bond donors (Lipinski definition) is 1. The monoisotopic (exact) mass is 262 g/mol. The standard InChI is InChI=1S/C14H19FN4/c1-16-9-11-4-5-13(12(15)8-11)19(3)10-14-17-6-7-18(14)2/h4-8,16H,9-10H2,1-3H3. The van der Waals surface area contributed by atoms with Crippen LogP contribution in [0.2, 0.25) is 0 Å². The number of nitrogens with zero attached hydrogens (tertiary/aromatic N) is 3. The van der Waals surface area contributed by atoms with Crippen LogP contribution in [0.3, 0.4) is 0 Å². The SMILES string of the molecule is CNCc1ccc(N(C)Cc2nccn2C)c(F)c1. The molecule has 0 saturated heterocycles. The molecule has 5 heteroatoms. The van der Waals surface area contributed by atoms with Crippen molar-refractivity contribution in [2.45, 2.75) is 13.1 Å². The van der Waals surface area contributed by atoms with E-state index in [1.54, 1.807) is 12.3 Å². The summed E-state index contributed by atoms with van der Waals surface area (Å²) in [6.45, 7) is 1.24. The van der Waals surface area contributed by atoms with Crippen molar-refractivity contribution in [2.75, 3.05) is 19.0 Å². The summed E-state index contributed by atoms with van der Waals surface area (Å²) in [6.07, 6.45) is 3.63. The van der Waals surface area contributed by atoms with Gasteiger partial charge in [-0.1, -0.05) is 6.07 Å². The second-order valence-corrected chi connectivity index (χ2v) is 4.63. The fraction of sp³-hybridized carbons (Fsp3) is 0.357. The van der Waals surface area contributed by atoms with Crippen molar-refractivity contribution in [1.82, 2.24) is 14.9 Å². The van der Waals surface area contributed by atoms with Crippen molar-refractivity contribution >= 4 is 5.69 Å². The maximum Gasteiger partial charge on any atom is 0.146 e. The van der Waals surface area contributed by atoms with Gasteiger partial charge in [0.2, 0.25) is 0 Å². The third-order valence-corrected chi connectivity index (χ3v) is 3.10. The molecule has 1 N–H and O–H groups in total. The van der Waals surface area contributed by atoms with E-state index in [-0.39, 0.29) is 5.82 Å². The van der Waals surface area contributed by atoms with Crippen LogP contribution in [0.4, 0.5) is 10.1 Å². The minimum absolute atomic E-state index is 0.204. The summed E-state index contributed by atoms with van der Waals surface area (Å²) in [7, 11) is 5.65. The number of anilines is 1. The van der Waals surface area contributed by atoms with E-state index in [4.69, 9.17) is 0 Å². The van der Waals surface area contributed by atoms with Crippen molar-refractivity contribution in [2.24, 2.45) is 7.05 Å². The highest BCUT2D eigenvalue weighted by atomic mass is 19.1. The summed E-state index contributed by atoms with van der Waals surface area (Å²) in [5, 5.41) is 3.01. The summed E-state index contributed by atoms with van der Waals surface area (Å²) in [5.74, 6) is 0.700. The van der Waals surface area contributed by atoms with E-state index < -0.39 is 0 Å². The zero-order valence-corrected chi connectivity index (χ0v) is 11.5. The molecule has 1 aromatic heterocycles. The Balaban J connectivity index is 2.15. The zero-order valence-electron chi connectivity index (χ0n) is 11.5. The molecular weight excluding hydrogens is 243 g/mol. The Hall–Kier alpha value is -1.88. The molecule has 0 aliphatic carbocycles. The third kappa shape index (κ3) is 3.12. The van der Waals surface area contributed by atoms with E-state index >= 15 is 0 Å². The number of nitrogens with one attached hydrogen (secondary N) is 1. The van der Waals surface area contributed by atoms with E-state index in [1.165, 1.54) is 0 Å². The number of hydrogen-bond acceptors (Lipinski definition) is 3. The number of aryl methyl sites for hydroxylation is 1. The van der Waals surface area contributed by atoms with Crippen LogP contribution in [0.25, 0.3) is 0 Å². The number of aromatic nitrogens is 2. The number of halogens is 1. The van der Waals surface area contributed by atoms with Gasteiger partial charge in [-0.25, -0.2) is 9.37 Å². The summed E-state index contributed by atoms with van der Waals surface area (Å²) >= 11 is 0. The molecule has 0 fully saturated rings. The maximum atomic E-state index is 14.1. The Morgan fingerprint density at radius 2 is 2.21 bits per heavy atom. The molecule has 0 amide bonds. The lowest BCUT2D eigenvalue weighted by molar-refractivity contribution is 0.615. The molecule has 0 aliphatic heterocycles. The number of benzene rings is 1. The zero-order chi connectivity index (χ0) is 13.8. The maximum absolute atomic E-state index is 14.1. The summed E-state index contributed by atoms with van der Waals surface area (Å²) in [6, 6.07) is 5.32. The van der Waals surface area contributed by atoms with Crippen molar-refractivity contribution in [1.29, 1.82) is 0 Å². The molecule has 0 radical (unpaired) electrons. The van der Waals surface area contributed by atoms with Gasteiger partial charge in [0, 0.05) is 33.0 Å². The lowest BCUT2D eigenvalue weighted by atomic mass is 10.2. The second-order valence-electron chi connectivity index (χ2n) is 4.63. The van der Waals surface area contributed by atoms with Crippen molar-refractivity contribution < 1.29 is 4.39 Å². The van der Waals surface area contributed by atoms with Crippen LogP contribution in [-0.4, -0.2) is 23.6 Å². The van der Waals surface area contributed by atoms with E-state index in [1.807, 2.05) is 48.9 Å². The minimum atomic E-state index is -0.204. The summed E-state index contributed by atoms with van der Waals surface area (Å²) in [5.41, 5.74) is 1.52. The van der Waals surface area contributed by atoms with Gasteiger partial charge in [0.25, 0.3) is 0 Å². The molecule has 1 aromatic carbocycles. The smallest absolute Gasteiger partial charge is 0.146 e. The van der Waals surface area contributed by atoms with Crippen LogP contribution >= 0.6 is 0 Å². The topological polar surface area (TPSA) is 33.1 Å². The van der Waals surface area contributed by atoms with Gasteiger partial charge in [-0.2, -0.15) is 0 Å². The number of imidazole rings is 1. The van der Waals surface area contributed by atoms with E-state index in [0.717, 1.165) is 11.4 Å². The molecule has 0 unspecified atom stereocenters. The second kappa shape index (κ2) is 5.84. The van der Waals surface area contributed by atoms with Crippen LogP contribution in [0.1, 0.15) is 11.4 Å². The normalized spacial score (nSPS) is 10.7. The molecule has 2 aromatic rings. The summed E-state index contributed by atoms with van der Waals surface area (Å²) < 4.78 is 16.0. The van der Waals surface area contributed by atoms with Crippen molar-refractivity contribution in [3.63, 3.8) is 0 Å². The van der Waals surface area contributed by atoms with Crippen LogP contribution in [0.15, 0.2) is 30.6 Å². The Morgan fingerprint density at radius 1 is 1.42 bits per heavy atom. The van der Waals surface area contributed by atoms with Gasteiger partial charge in [-0.3, -0.25) is 0 Å². The fourth-order valence-corrected chi connectivity index (χ4v) is 2.02. The molecule has 0 bridgehead atoms. The molecule has 102 valence electrons. The van der Waals surface area contributed by atoms with Crippen LogP contribution in [0, 0.1) is 5.82 Å². The average molecular weight is 262 g/mol.